The van der Waals surface area contributed by atoms with E-state index in [-0.39, 0.29) is 38.2 Å². The molecular formula is C33H39N5O6. The second-order valence-electron chi connectivity index (χ2n) is 10.9. The molecule has 0 bridgehead atoms. The van der Waals surface area contributed by atoms with Crippen molar-refractivity contribution in [2.75, 3.05) is 11.4 Å². The summed E-state index contributed by atoms with van der Waals surface area (Å²) < 4.78 is 5.24. The number of phenols is 1. The van der Waals surface area contributed by atoms with Gasteiger partial charge in [-0.1, -0.05) is 60.7 Å². The Morgan fingerprint density at radius 2 is 1.68 bits per heavy atom. The van der Waals surface area contributed by atoms with Gasteiger partial charge in [-0.15, -0.1) is 0 Å². The first-order valence-corrected chi connectivity index (χ1v) is 14.6. The molecule has 0 aliphatic carbocycles. The number of hydrogen-bond donors (Lipinski definition) is 5. The molecule has 0 saturated heterocycles. The van der Waals surface area contributed by atoms with Crippen LogP contribution in [0.4, 0.5) is 10.5 Å². The summed E-state index contributed by atoms with van der Waals surface area (Å²) in [6.45, 7) is 2.23. The van der Waals surface area contributed by atoms with Crippen molar-refractivity contribution in [2.45, 2.75) is 63.8 Å². The summed E-state index contributed by atoms with van der Waals surface area (Å²) in [6.07, 6.45) is 0.976. The summed E-state index contributed by atoms with van der Waals surface area (Å²) in [4.78, 5) is 53.2. The standard InChI is InChI=1S/C33H39N5O6/c1-21-16-24(39)18-29-25(21)19-26(34)32(42)38(29)28(31(41)37-27(30(35)40)17-22-10-4-2-5-11-22)14-8-9-15-36-33(43)44-20-23-12-6-3-7-13-23/h2-7,10-13,16,18,26-28,39H,8-9,14-15,17,19-20,34H2,1H3,(H2,35,40)(H,36,43)(H,37,41)/t26-,27-,28-/m0/s1. The first kappa shape index (κ1) is 32.0. The van der Waals surface area contributed by atoms with E-state index in [1.54, 1.807) is 13.0 Å². The van der Waals surface area contributed by atoms with Crippen molar-refractivity contribution >= 4 is 29.5 Å². The molecule has 11 nitrogen and oxygen atoms in total. The number of aromatic hydroxyl groups is 1. The number of aryl methyl sites for hydroxylation is 1. The Morgan fingerprint density at radius 1 is 1.02 bits per heavy atom. The van der Waals surface area contributed by atoms with E-state index in [2.05, 4.69) is 10.6 Å². The molecule has 3 aromatic carbocycles. The third-order valence-electron chi connectivity index (χ3n) is 7.62. The molecule has 232 valence electrons. The largest absolute Gasteiger partial charge is 0.508 e. The van der Waals surface area contributed by atoms with Gasteiger partial charge in [0.05, 0.1) is 11.7 Å². The van der Waals surface area contributed by atoms with Crippen LogP contribution < -0.4 is 27.0 Å². The van der Waals surface area contributed by atoms with Gasteiger partial charge in [0.15, 0.2) is 0 Å². The van der Waals surface area contributed by atoms with Crippen LogP contribution >= 0.6 is 0 Å². The monoisotopic (exact) mass is 601 g/mol. The van der Waals surface area contributed by atoms with E-state index in [1.165, 1.54) is 11.0 Å². The smallest absolute Gasteiger partial charge is 0.407 e. The number of hydrogen-bond acceptors (Lipinski definition) is 7. The summed E-state index contributed by atoms with van der Waals surface area (Å²) in [5, 5.41) is 15.8. The zero-order chi connectivity index (χ0) is 31.6. The number of nitrogens with one attached hydrogen (secondary N) is 2. The highest BCUT2D eigenvalue weighted by Gasteiger charge is 2.39. The normalized spacial score (nSPS) is 15.5. The number of unbranched alkanes of at least 4 members (excludes halogenated alkanes) is 1. The van der Waals surface area contributed by atoms with Gasteiger partial charge in [0.25, 0.3) is 0 Å². The Hall–Kier alpha value is -4.90. The van der Waals surface area contributed by atoms with E-state index in [0.717, 1.165) is 22.3 Å². The fraction of sp³-hybridized carbons (Fsp3) is 0.333. The lowest BCUT2D eigenvalue weighted by Crippen LogP contribution is -2.59. The van der Waals surface area contributed by atoms with Gasteiger partial charge in [0, 0.05) is 19.0 Å². The summed E-state index contributed by atoms with van der Waals surface area (Å²) in [5.74, 6) is -1.81. The molecule has 1 heterocycles. The predicted octanol–water partition coefficient (Wildman–Crippen LogP) is 2.60. The summed E-state index contributed by atoms with van der Waals surface area (Å²) in [6, 6.07) is 18.5. The predicted molar refractivity (Wildman–Crippen MR) is 166 cm³/mol. The summed E-state index contributed by atoms with van der Waals surface area (Å²) in [5.41, 5.74) is 15.5. The van der Waals surface area contributed by atoms with E-state index >= 15 is 0 Å². The third-order valence-corrected chi connectivity index (χ3v) is 7.62. The van der Waals surface area contributed by atoms with Gasteiger partial charge >= 0.3 is 6.09 Å². The van der Waals surface area contributed by atoms with Crippen LogP contribution in [0.2, 0.25) is 0 Å². The van der Waals surface area contributed by atoms with Crippen LogP contribution in [0.1, 0.15) is 41.5 Å². The maximum Gasteiger partial charge on any atom is 0.407 e. The zero-order valence-electron chi connectivity index (χ0n) is 24.7. The van der Waals surface area contributed by atoms with Crippen LogP contribution in [0.15, 0.2) is 72.8 Å². The number of ether oxygens (including phenoxy) is 1. The molecular weight excluding hydrogens is 562 g/mol. The highest BCUT2D eigenvalue weighted by atomic mass is 16.5. The molecule has 0 aromatic heterocycles. The molecule has 0 fully saturated rings. The number of nitrogens with two attached hydrogens (primary N) is 2. The van der Waals surface area contributed by atoms with Gasteiger partial charge < -0.3 is 31.9 Å². The summed E-state index contributed by atoms with van der Waals surface area (Å²) >= 11 is 0. The zero-order valence-corrected chi connectivity index (χ0v) is 24.7. The Bertz CT molecular complexity index is 1470. The minimum Gasteiger partial charge on any atom is -0.508 e. The van der Waals surface area contributed by atoms with Crippen molar-refractivity contribution in [2.24, 2.45) is 11.5 Å². The van der Waals surface area contributed by atoms with E-state index in [0.29, 0.717) is 18.5 Å². The number of benzene rings is 3. The Morgan fingerprint density at radius 3 is 2.34 bits per heavy atom. The van der Waals surface area contributed by atoms with Crippen molar-refractivity contribution < 1.29 is 29.0 Å². The van der Waals surface area contributed by atoms with Crippen molar-refractivity contribution in [3.05, 3.63) is 95.1 Å². The van der Waals surface area contributed by atoms with Gasteiger partial charge in [-0.05, 0) is 60.9 Å². The van der Waals surface area contributed by atoms with Gasteiger partial charge in [0.1, 0.15) is 24.4 Å². The van der Waals surface area contributed by atoms with Crippen LogP contribution in [0.3, 0.4) is 0 Å². The molecule has 0 unspecified atom stereocenters. The number of rotatable bonds is 13. The first-order chi connectivity index (χ1) is 21.1. The molecule has 1 aliphatic heterocycles. The van der Waals surface area contributed by atoms with Crippen LogP contribution in [0, 0.1) is 6.92 Å². The fourth-order valence-electron chi connectivity index (χ4n) is 5.33. The van der Waals surface area contributed by atoms with Crippen molar-refractivity contribution in [1.29, 1.82) is 0 Å². The molecule has 11 heteroatoms. The van der Waals surface area contributed by atoms with E-state index in [1.807, 2.05) is 60.7 Å². The molecule has 0 spiro atoms. The number of primary amides is 1. The Labute approximate surface area is 256 Å². The van der Waals surface area contributed by atoms with Gasteiger partial charge in [0.2, 0.25) is 17.7 Å². The highest BCUT2D eigenvalue weighted by molar-refractivity contribution is 6.06. The number of carbonyl (C=O) groups is 4. The number of fused-ring (bicyclic) bond motifs is 1. The molecule has 4 rings (SSSR count). The quantitative estimate of drug-likeness (QED) is 0.187. The second kappa shape index (κ2) is 15.0. The van der Waals surface area contributed by atoms with E-state index in [4.69, 9.17) is 16.2 Å². The van der Waals surface area contributed by atoms with E-state index in [9.17, 15) is 24.3 Å². The Balaban J connectivity index is 1.48. The number of anilines is 1. The highest BCUT2D eigenvalue weighted by Crippen LogP contribution is 2.36. The van der Waals surface area contributed by atoms with Gasteiger partial charge in [-0.25, -0.2) is 4.79 Å². The molecule has 1 aliphatic rings. The maximum atomic E-state index is 13.9. The SMILES string of the molecule is Cc1cc(O)cc2c1C[C@H](N)C(=O)N2[C@@H](CCCCNC(=O)OCc1ccccc1)C(=O)N[C@@H](Cc1ccccc1)C(N)=O. The lowest BCUT2D eigenvalue weighted by atomic mass is 9.91. The molecule has 4 amide bonds. The number of phenolic OH excluding ortho intramolecular Hbond substituents is 1. The maximum absolute atomic E-state index is 13.9. The van der Waals surface area contributed by atoms with Crippen molar-refractivity contribution in [3.63, 3.8) is 0 Å². The molecule has 3 aromatic rings. The van der Waals surface area contributed by atoms with Gasteiger partial charge in [-0.2, -0.15) is 0 Å². The van der Waals surface area contributed by atoms with Crippen molar-refractivity contribution in [3.8, 4) is 5.75 Å². The van der Waals surface area contributed by atoms with Crippen LogP contribution in [0.25, 0.3) is 0 Å². The number of alkyl carbamates (subject to hydrolysis) is 1. The minimum absolute atomic E-state index is 0.0500. The lowest BCUT2D eigenvalue weighted by molar-refractivity contribution is -0.130. The third kappa shape index (κ3) is 8.35. The lowest BCUT2D eigenvalue weighted by Gasteiger charge is -2.38. The number of carbonyl (C=O) groups excluding carboxylic acids is 4. The fourth-order valence-corrected chi connectivity index (χ4v) is 5.33. The number of nitrogens with zero attached hydrogens (tertiary/aromatic N) is 1. The van der Waals surface area contributed by atoms with Crippen LogP contribution in [0.5, 0.6) is 5.75 Å². The average molecular weight is 602 g/mol. The topological polar surface area (TPSA) is 177 Å². The van der Waals surface area contributed by atoms with Crippen LogP contribution in [-0.2, 0) is 38.6 Å². The molecule has 3 atom stereocenters. The van der Waals surface area contributed by atoms with Crippen LogP contribution in [-0.4, -0.2) is 53.6 Å². The minimum atomic E-state index is -1.06. The van der Waals surface area contributed by atoms with Gasteiger partial charge in [-0.3, -0.25) is 19.3 Å². The van der Waals surface area contributed by atoms with Crippen molar-refractivity contribution in [1.82, 2.24) is 10.6 Å². The first-order valence-electron chi connectivity index (χ1n) is 14.6. The molecule has 0 saturated carbocycles. The van der Waals surface area contributed by atoms with E-state index < -0.39 is 41.9 Å². The number of amides is 4. The molecule has 7 N–H and O–H groups in total. The molecule has 44 heavy (non-hydrogen) atoms. The Kier molecular flexibility index (Phi) is 10.9. The molecule has 0 radical (unpaired) electrons. The average Bonchev–Trinajstić information content (AvgIpc) is 3.00. The summed E-state index contributed by atoms with van der Waals surface area (Å²) in [7, 11) is 0. The second-order valence-corrected chi connectivity index (χ2v) is 10.9.